The number of anilines is 1. The molecule has 2 aromatic carbocycles. The number of methoxy groups -OCH3 is 1. The molecule has 4 rings (SSSR count). The number of amides is 2. The van der Waals surface area contributed by atoms with E-state index in [9.17, 15) is 14.4 Å². The summed E-state index contributed by atoms with van der Waals surface area (Å²) in [4.78, 5) is 40.9. The van der Waals surface area contributed by atoms with Crippen molar-refractivity contribution in [3.63, 3.8) is 0 Å². The number of rotatable bonds is 8. The Hall–Kier alpha value is -3.87. The molecule has 0 spiro atoms. The van der Waals surface area contributed by atoms with Crippen LogP contribution in [-0.2, 0) is 4.79 Å². The zero-order valence-corrected chi connectivity index (χ0v) is 19.3. The fourth-order valence-electron chi connectivity index (χ4n) is 4.33. The summed E-state index contributed by atoms with van der Waals surface area (Å²) in [6, 6.07) is 16.1. The Bertz CT molecular complexity index is 1150. The van der Waals surface area contributed by atoms with Crippen molar-refractivity contribution in [1.82, 2.24) is 5.32 Å². The first kappa shape index (κ1) is 23.3. The van der Waals surface area contributed by atoms with E-state index in [0.717, 1.165) is 25.7 Å². The van der Waals surface area contributed by atoms with Gasteiger partial charge in [-0.15, -0.1) is 0 Å². The predicted octanol–water partition coefficient (Wildman–Crippen LogP) is 4.94. The molecule has 1 fully saturated rings. The summed E-state index contributed by atoms with van der Waals surface area (Å²) in [6.45, 7) is 1.46. The second-order valence-electron chi connectivity index (χ2n) is 8.42. The van der Waals surface area contributed by atoms with Crippen molar-refractivity contribution < 1.29 is 23.5 Å². The first-order valence-electron chi connectivity index (χ1n) is 11.4. The molecule has 0 bridgehead atoms. The van der Waals surface area contributed by atoms with Gasteiger partial charge in [-0.2, -0.15) is 0 Å². The van der Waals surface area contributed by atoms with Crippen molar-refractivity contribution in [2.75, 3.05) is 12.0 Å². The second-order valence-corrected chi connectivity index (χ2v) is 8.42. The number of ketones is 1. The largest absolute Gasteiger partial charge is 0.497 e. The quantitative estimate of drug-likeness (QED) is 0.481. The highest BCUT2D eigenvalue weighted by Crippen LogP contribution is 2.32. The second kappa shape index (κ2) is 10.4. The van der Waals surface area contributed by atoms with Crippen LogP contribution in [0.2, 0.25) is 0 Å². The highest BCUT2D eigenvalue weighted by Gasteiger charge is 2.36. The third-order valence-electron chi connectivity index (χ3n) is 6.12. The molecule has 3 aromatic rings. The molecular weight excluding hydrogens is 432 g/mol. The van der Waals surface area contributed by atoms with Crippen LogP contribution >= 0.6 is 0 Å². The Balaban J connectivity index is 1.83. The first-order valence-corrected chi connectivity index (χ1v) is 11.4. The van der Waals surface area contributed by atoms with Gasteiger partial charge in [0.1, 0.15) is 11.8 Å². The standard InChI is InChI=1S/C27H28N2O5/c1-18(30)20-7-5-10-22(17-20)29(27(32)24-11-6-16-34-24)25(19-12-14-23(33-2)15-13-19)26(31)28-21-8-3-4-9-21/h5-7,10-17,21,25H,3-4,8-9H2,1-2H3,(H,28,31)/t25-/m0/s1. The number of carbonyl (C=O) groups is 3. The average Bonchev–Trinajstić information content (AvgIpc) is 3.57. The van der Waals surface area contributed by atoms with Crippen molar-refractivity contribution >= 4 is 23.3 Å². The van der Waals surface area contributed by atoms with Gasteiger partial charge in [0.25, 0.3) is 5.91 Å². The van der Waals surface area contributed by atoms with E-state index in [4.69, 9.17) is 9.15 Å². The van der Waals surface area contributed by atoms with Crippen LogP contribution in [0.4, 0.5) is 5.69 Å². The summed E-state index contributed by atoms with van der Waals surface area (Å²) >= 11 is 0. The molecule has 0 unspecified atom stereocenters. The maximum atomic E-state index is 13.7. The topological polar surface area (TPSA) is 88.8 Å². The third-order valence-corrected chi connectivity index (χ3v) is 6.12. The van der Waals surface area contributed by atoms with Gasteiger partial charge in [0, 0.05) is 17.3 Å². The van der Waals surface area contributed by atoms with Crippen molar-refractivity contribution in [1.29, 1.82) is 0 Å². The molecule has 2 amide bonds. The molecule has 1 aliphatic rings. The highest BCUT2D eigenvalue weighted by atomic mass is 16.5. The van der Waals surface area contributed by atoms with Crippen LogP contribution < -0.4 is 15.0 Å². The normalized spacial score (nSPS) is 14.4. The van der Waals surface area contributed by atoms with Gasteiger partial charge < -0.3 is 14.5 Å². The van der Waals surface area contributed by atoms with Gasteiger partial charge in [-0.25, -0.2) is 0 Å². The molecule has 1 heterocycles. The Kier molecular flexibility index (Phi) is 7.11. The molecule has 1 aliphatic carbocycles. The number of hydrogen-bond acceptors (Lipinski definition) is 5. The van der Waals surface area contributed by atoms with E-state index < -0.39 is 11.9 Å². The molecule has 0 aliphatic heterocycles. The maximum Gasteiger partial charge on any atom is 0.294 e. The average molecular weight is 461 g/mol. The Labute approximate surface area is 198 Å². The number of benzene rings is 2. The number of furan rings is 1. The number of hydrogen-bond donors (Lipinski definition) is 1. The summed E-state index contributed by atoms with van der Waals surface area (Å²) in [5.41, 5.74) is 1.49. The van der Waals surface area contributed by atoms with Crippen LogP contribution in [-0.4, -0.2) is 30.7 Å². The fraction of sp³-hybridized carbons (Fsp3) is 0.296. The third kappa shape index (κ3) is 5.03. The van der Waals surface area contributed by atoms with Crippen molar-refractivity contribution in [2.24, 2.45) is 0 Å². The van der Waals surface area contributed by atoms with Crippen LogP contribution in [0.25, 0.3) is 0 Å². The fourth-order valence-corrected chi connectivity index (χ4v) is 4.33. The van der Waals surface area contributed by atoms with Crippen molar-refractivity contribution in [3.8, 4) is 5.75 Å². The molecule has 176 valence electrons. The highest BCUT2D eigenvalue weighted by molar-refractivity contribution is 6.09. The Morgan fingerprint density at radius 3 is 2.38 bits per heavy atom. The molecule has 0 saturated heterocycles. The van der Waals surface area contributed by atoms with Gasteiger partial charge >= 0.3 is 0 Å². The smallest absolute Gasteiger partial charge is 0.294 e. The molecule has 7 nitrogen and oxygen atoms in total. The van der Waals surface area contributed by atoms with Crippen molar-refractivity contribution in [3.05, 3.63) is 83.8 Å². The lowest BCUT2D eigenvalue weighted by Gasteiger charge is -2.32. The molecule has 1 N–H and O–H groups in total. The van der Waals surface area contributed by atoms with E-state index in [2.05, 4.69) is 5.32 Å². The van der Waals surface area contributed by atoms with Gasteiger partial charge in [0.15, 0.2) is 11.5 Å². The molecule has 34 heavy (non-hydrogen) atoms. The summed E-state index contributed by atoms with van der Waals surface area (Å²) in [7, 11) is 1.57. The molecule has 0 radical (unpaired) electrons. The van der Waals surface area contributed by atoms with E-state index in [-0.39, 0.29) is 23.5 Å². The minimum atomic E-state index is -0.980. The summed E-state index contributed by atoms with van der Waals surface area (Å²) in [5.74, 6) is -0.163. The van der Waals surface area contributed by atoms with E-state index in [1.165, 1.54) is 18.1 Å². The van der Waals surface area contributed by atoms with E-state index in [1.807, 2.05) is 0 Å². The lowest BCUT2D eigenvalue weighted by Crippen LogP contribution is -2.46. The van der Waals surface area contributed by atoms with E-state index in [0.29, 0.717) is 22.6 Å². The van der Waals surface area contributed by atoms with Crippen LogP contribution in [0.15, 0.2) is 71.3 Å². The maximum absolute atomic E-state index is 13.7. The minimum Gasteiger partial charge on any atom is -0.497 e. The van der Waals surface area contributed by atoms with Crippen LogP contribution in [0, 0.1) is 0 Å². The predicted molar refractivity (Wildman–Crippen MR) is 128 cm³/mol. The minimum absolute atomic E-state index is 0.0670. The lowest BCUT2D eigenvalue weighted by molar-refractivity contribution is -0.123. The van der Waals surface area contributed by atoms with E-state index >= 15 is 0 Å². The van der Waals surface area contributed by atoms with Crippen molar-refractivity contribution in [2.45, 2.75) is 44.7 Å². The first-order chi connectivity index (χ1) is 16.5. The van der Waals surface area contributed by atoms with Crippen LogP contribution in [0.5, 0.6) is 5.75 Å². The molecule has 1 saturated carbocycles. The van der Waals surface area contributed by atoms with Crippen LogP contribution in [0.3, 0.4) is 0 Å². The number of nitrogens with zero attached hydrogens (tertiary/aromatic N) is 1. The monoisotopic (exact) mass is 460 g/mol. The Morgan fingerprint density at radius 2 is 1.76 bits per heavy atom. The number of Topliss-reactive ketones (excluding diaryl/α,β-unsaturated/α-hetero) is 1. The van der Waals surface area contributed by atoms with Crippen LogP contribution in [0.1, 0.15) is 65.1 Å². The number of carbonyl (C=O) groups excluding carboxylic acids is 3. The van der Waals surface area contributed by atoms with Gasteiger partial charge in [-0.05, 0) is 61.7 Å². The molecular formula is C27H28N2O5. The zero-order valence-electron chi connectivity index (χ0n) is 19.3. The van der Waals surface area contributed by atoms with Gasteiger partial charge in [0.05, 0.1) is 13.4 Å². The van der Waals surface area contributed by atoms with E-state index in [1.54, 1.807) is 67.8 Å². The molecule has 1 aromatic heterocycles. The lowest BCUT2D eigenvalue weighted by atomic mass is 10.0. The summed E-state index contributed by atoms with van der Waals surface area (Å²) < 4.78 is 10.7. The van der Waals surface area contributed by atoms with Gasteiger partial charge in [0.2, 0.25) is 5.91 Å². The Morgan fingerprint density at radius 1 is 1.03 bits per heavy atom. The van der Waals surface area contributed by atoms with Gasteiger partial charge in [-0.1, -0.05) is 37.1 Å². The molecule has 7 heteroatoms. The zero-order chi connectivity index (χ0) is 24.1. The number of nitrogens with one attached hydrogen (secondary N) is 1. The summed E-state index contributed by atoms with van der Waals surface area (Å²) in [5, 5.41) is 3.13. The van der Waals surface area contributed by atoms with Gasteiger partial charge in [-0.3, -0.25) is 19.3 Å². The SMILES string of the molecule is COc1ccc([C@@H](C(=O)NC2CCCC2)N(C(=O)c2ccco2)c2cccc(C(C)=O)c2)cc1. The number of ether oxygens (including phenoxy) is 1. The molecule has 1 atom stereocenters. The summed E-state index contributed by atoms with van der Waals surface area (Å²) in [6.07, 6.45) is 5.36.